The van der Waals surface area contributed by atoms with E-state index in [1.807, 2.05) is 68.4 Å². The number of carbonyl (C=O) groups is 1. The Kier molecular flexibility index (Phi) is 7.48. The second-order valence-electron chi connectivity index (χ2n) is 10.3. The van der Waals surface area contributed by atoms with E-state index >= 15 is 0 Å². The molecule has 4 aromatic rings. The molecule has 1 aliphatic rings. The molecule has 3 atom stereocenters. The molecule has 196 valence electrons. The lowest BCUT2D eigenvalue weighted by Crippen LogP contribution is -2.28. The Hall–Kier alpha value is -3.70. The van der Waals surface area contributed by atoms with Crippen molar-refractivity contribution in [1.29, 1.82) is 0 Å². The van der Waals surface area contributed by atoms with E-state index in [0.29, 0.717) is 10.9 Å². The lowest BCUT2D eigenvalue weighted by molar-refractivity contribution is 0.0696. The van der Waals surface area contributed by atoms with Crippen LogP contribution in [0, 0.1) is 19.7 Å². The smallest absolute Gasteiger partial charge is 0.335 e. The largest absolute Gasteiger partial charge is 0.490 e. The molecule has 4 aromatic carbocycles. The molecule has 0 saturated heterocycles. The highest BCUT2D eigenvalue weighted by atomic mass is 19.1. The third kappa shape index (κ3) is 5.03. The number of hydrogen-bond acceptors (Lipinski definition) is 3. The molecule has 5 heteroatoms. The fourth-order valence-corrected chi connectivity index (χ4v) is 5.84. The number of aromatic carboxylic acids is 1. The van der Waals surface area contributed by atoms with E-state index in [-0.39, 0.29) is 23.9 Å². The van der Waals surface area contributed by atoms with Gasteiger partial charge in [-0.1, -0.05) is 54.6 Å². The third-order valence-corrected chi connectivity index (χ3v) is 8.05. The summed E-state index contributed by atoms with van der Waals surface area (Å²) in [4.78, 5) is 11.6. The minimum Gasteiger partial charge on any atom is -0.490 e. The molecule has 0 fully saturated rings. The summed E-state index contributed by atoms with van der Waals surface area (Å²) in [6.45, 7) is 6.86. The quantitative estimate of drug-likeness (QED) is 0.238. The summed E-state index contributed by atoms with van der Waals surface area (Å²) in [5.74, 6) is -0.0159. The van der Waals surface area contributed by atoms with Gasteiger partial charge in [0.15, 0.2) is 0 Å². The van der Waals surface area contributed by atoms with Crippen molar-refractivity contribution in [2.45, 2.75) is 58.1 Å². The van der Waals surface area contributed by atoms with Gasteiger partial charge in [0.1, 0.15) is 11.6 Å². The Bertz CT molecular complexity index is 1480. The molecule has 0 aromatic heterocycles. The molecular formula is C33H34FNO3. The number of nitrogens with one attached hydrogen (secondary N) is 1. The summed E-state index contributed by atoms with van der Waals surface area (Å²) in [5.41, 5.74) is 5.64. The summed E-state index contributed by atoms with van der Waals surface area (Å²) in [7, 11) is 0. The lowest BCUT2D eigenvalue weighted by atomic mass is 9.80. The van der Waals surface area contributed by atoms with Gasteiger partial charge in [-0.25, -0.2) is 9.18 Å². The van der Waals surface area contributed by atoms with Crippen LogP contribution in [0.15, 0.2) is 72.8 Å². The van der Waals surface area contributed by atoms with Gasteiger partial charge in [0, 0.05) is 22.9 Å². The molecule has 1 aliphatic heterocycles. The second-order valence-corrected chi connectivity index (χ2v) is 10.3. The van der Waals surface area contributed by atoms with Crippen LogP contribution < -0.4 is 10.1 Å². The van der Waals surface area contributed by atoms with Gasteiger partial charge < -0.3 is 15.2 Å². The van der Waals surface area contributed by atoms with E-state index in [4.69, 9.17) is 4.74 Å². The van der Waals surface area contributed by atoms with E-state index in [0.717, 1.165) is 59.2 Å². The highest BCUT2D eigenvalue weighted by Crippen LogP contribution is 2.43. The zero-order valence-corrected chi connectivity index (χ0v) is 22.1. The van der Waals surface area contributed by atoms with Gasteiger partial charge in [-0.3, -0.25) is 0 Å². The van der Waals surface area contributed by atoms with E-state index in [1.54, 1.807) is 12.1 Å². The Morgan fingerprint density at radius 3 is 2.50 bits per heavy atom. The number of carboxylic acids is 1. The summed E-state index contributed by atoms with van der Waals surface area (Å²) in [5, 5.41) is 14.8. The number of para-hydroxylation sites is 1. The van der Waals surface area contributed by atoms with Crippen molar-refractivity contribution in [2.24, 2.45) is 0 Å². The standard InChI is InChI=1S/C33H34FNO3/c1-20-21(2)25(33(36)37)15-14-24(20)30-19-23(38-32-13-7-6-12-29(30)32)9-8-18-35-22(3)26-16-17-31(34)28-11-5-4-10-27(26)28/h4-7,10-17,22-23,30,35H,8-9,18-19H2,1-3H3,(H,36,37)/t22-,23+,30+/m1/s1. The predicted molar refractivity (Wildman–Crippen MR) is 150 cm³/mol. The first-order valence-electron chi connectivity index (χ1n) is 13.3. The van der Waals surface area contributed by atoms with Crippen molar-refractivity contribution in [3.8, 4) is 5.75 Å². The molecule has 0 radical (unpaired) electrons. The molecule has 38 heavy (non-hydrogen) atoms. The number of carboxylic acid groups (broad SMARTS) is 1. The maximum absolute atomic E-state index is 14.2. The summed E-state index contributed by atoms with van der Waals surface area (Å²) in [6.07, 6.45) is 2.76. The van der Waals surface area contributed by atoms with E-state index < -0.39 is 5.97 Å². The van der Waals surface area contributed by atoms with Gasteiger partial charge in [-0.2, -0.15) is 0 Å². The maximum atomic E-state index is 14.2. The van der Waals surface area contributed by atoms with Crippen molar-refractivity contribution in [3.63, 3.8) is 0 Å². The molecule has 2 N–H and O–H groups in total. The highest BCUT2D eigenvalue weighted by molar-refractivity contribution is 5.90. The summed E-state index contributed by atoms with van der Waals surface area (Å²) >= 11 is 0. The van der Waals surface area contributed by atoms with Crippen LogP contribution in [0.25, 0.3) is 10.8 Å². The third-order valence-electron chi connectivity index (χ3n) is 8.05. The van der Waals surface area contributed by atoms with Crippen molar-refractivity contribution < 1.29 is 19.0 Å². The first kappa shape index (κ1) is 25.9. The van der Waals surface area contributed by atoms with Gasteiger partial charge in [0.05, 0.1) is 11.7 Å². The molecule has 0 spiro atoms. The molecule has 0 unspecified atom stereocenters. The van der Waals surface area contributed by atoms with Gasteiger partial charge in [-0.05, 0) is 92.4 Å². The minimum absolute atomic E-state index is 0.0671. The van der Waals surface area contributed by atoms with Crippen molar-refractivity contribution in [3.05, 3.63) is 112 Å². The Balaban J connectivity index is 1.27. The van der Waals surface area contributed by atoms with Crippen LogP contribution >= 0.6 is 0 Å². The average molecular weight is 512 g/mol. The molecule has 0 saturated carbocycles. The molecule has 0 aliphatic carbocycles. The first-order valence-corrected chi connectivity index (χ1v) is 13.3. The number of rotatable bonds is 8. The number of hydrogen-bond donors (Lipinski definition) is 2. The topological polar surface area (TPSA) is 58.6 Å². The SMILES string of the molecule is Cc1c(C(=O)O)ccc([C@@H]2C[C@H](CCCN[C@H](C)c3ccc(F)c4ccccc34)Oc3ccccc32)c1C. The molecule has 4 nitrogen and oxygen atoms in total. The van der Waals surface area contributed by atoms with Crippen LogP contribution in [0.3, 0.4) is 0 Å². The van der Waals surface area contributed by atoms with E-state index in [2.05, 4.69) is 18.3 Å². The maximum Gasteiger partial charge on any atom is 0.335 e. The summed E-state index contributed by atoms with van der Waals surface area (Å²) < 4.78 is 20.7. The molecule has 0 bridgehead atoms. The lowest BCUT2D eigenvalue weighted by Gasteiger charge is -2.34. The van der Waals surface area contributed by atoms with Crippen LogP contribution in [-0.2, 0) is 0 Å². The Morgan fingerprint density at radius 1 is 0.974 bits per heavy atom. The predicted octanol–water partition coefficient (Wildman–Crippen LogP) is 7.71. The summed E-state index contributed by atoms with van der Waals surface area (Å²) in [6, 6.07) is 23.0. The van der Waals surface area contributed by atoms with Gasteiger partial charge >= 0.3 is 5.97 Å². The van der Waals surface area contributed by atoms with Crippen LogP contribution in [0.1, 0.15) is 76.3 Å². The average Bonchev–Trinajstić information content (AvgIpc) is 2.92. The second kappa shape index (κ2) is 11.0. The molecular weight excluding hydrogens is 477 g/mol. The Morgan fingerprint density at radius 2 is 1.71 bits per heavy atom. The first-order chi connectivity index (χ1) is 18.3. The van der Waals surface area contributed by atoms with Crippen LogP contribution in [0.5, 0.6) is 5.75 Å². The number of fused-ring (bicyclic) bond motifs is 2. The van der Waals surface area contributed by atoms with Crippen molar-refractivity contribution in [1.82, 2.24) is 5.32 Å². The zero-order valence-electron chi connectivity index (χ0n) is 22.1. The molecule has 0 amide bonds. The minimum atomic E-state index is -0.891. The van der Waals surface area contributed by atoms with Crippen LogP contribution in [0.4, 0.5) is 4.39 Å². The number of benzene rings is 4. The number of ether oxygens (including phenoxy) is 1. The normalized spacial score (nSPS) is 17.6. The Labute approximate surface area is 223 Å². The van der Waals surface area contributed by atoms with Crippen molar-refractivity contribution >= 4 is 16.7 Å². The van der Waals surface area contributed by atoms with E-state index in [1.165, 1.54) is 5.56 Å². The fraction of sp³-hybridized carbons (Fsp3) is 0.303. The van der Waals surface area contributed by atoms with Crippen molar-refractivity contribution in [2.75, 3.05) is 6.54 Å². The van der Waals surface area contributed by atoms with E-state index in [9.17, 15) is 14.3 Å². The van der Waals surface area contributed by atoms with Gasteiger partial charge in [0.25, 0.3) is 0 Å². The van der Waals surface area contributed by atoms with Crippen LogP contribution in [0.2, 0.25) is 0 Å². The monoisotopic (exact) mass is 511 g/mol. The molecule has 5 rings (SSSR count). The fourth-order valence-electron chi connectivity index (χ4n) is 5.84. The molecule has 1 heterocycles. The van der Waals surface area contributed by atoms with Crippen LogP contribution in [-0.4, -0.2) is 23.7 Å². The van der Waals surface area contributed by atoms with Gasteiger partial charge in [-0.15, -0.1) is 0 Å². The zero-order chi connectivity index (χ0) is 26.8. The number of halogens is 1. The van der Waals surface area contributed by atoms with Gasteiger partial charge in [0.2, 0.25) is 0 Å². The highest BCUT2D eigenvalue weighted by Gasteiger charge is 2.30.